The van der Waals surface area contributed by atoms with Gasteiger partial charge in [-0.25, -0.2) is 0 Å². The van der Waals surface area contributed by atoms with Gasteiger partial charge in [0.25, 0.3) is 0 Å². The van der Waals surface area contributed by atoms with Crippen LogP contribution in [0.2, 0.25) is 0 Å². The maximum Gasteiger partial charge on any atom is 0.224 e. The van der Waals surface area contributed by atoms with Gasteiger partial charge in [-0.15, -0.1) is 0 Å². The highest BCUT2D eigenvalue weighted by molar-refractivity contribution is 5.77. The second-order valence-corrected chi connectivity index (χ2v) is 7.66. The minimum absolute atomic E-state index is 0.245. The van der Waals surface area contributed by atoms with E-state index >= 15 is 0 Å². The molecule has 1 aromatic carbocycles. The van der Waals surface area contributed by atoms with Crippen LogP contribution in [0.3, 0.4) is 0 Å². The zero-order chi connectivity index (χ0) is 17.9. The predicted octanol–water partition coefficient (Wildman–Crippen LogP) is 3.35. The van der Waals surface area contributed by atoms with Gasteiger partial charge >= 0.3 is 0 Å². The number of carbonyl (C=O) groups is 1. The number of hydrogen-bond acceptors (Lipinski definition) is 4. The van der Waals surface area contributed by atoms with E-state index in [2.05, 4.69) is 17.0 Å². The summed E-state index contributed by atoms with van der Waals surface area (Å²) in [5.74, 6) is 1.92. The highest BCUT2D eigenvalue weighted by Crippen LogP contribution is 2.30. The van der Waals surface area contributed by atoms with Crippen molar-refractivity contribution >= 4 is 5.91 Å². The molecule has 26 heavy (non-hydrogen) atoms. The van der Waals surface area contributed by atoms with Crippen molar-refractivity contribution in [2.75, 3.05) is 26.2 Å². The second-order valence-electron chi connectivity index (χ2n) is 7.66. The first kappa shape index (κ1) is 17.3. The summed E-state index contributed by atoms with van der Waals surface area (Å²) in [6, 6.07) is 10.1. The number of piperidine rings is 1. The van der Waals surface area contributed by atoms with Crippen molar-refractivity contribution in [1.82, 2.24) is 15.0 Å². The van der Waals surface area contributed by atoms with Gasteiger partial charge in [-0.05, 0) is 25.3 Å². The van der Waals surface area contributed by atoms with Gasteiger partial charge in [0.15, 0.2) is 0 Å². The quantitative estimate of drug-likeness (QED) is 0.846. The number of nitrogens with zero attached hydrogens (tertiary/aromatic N) is 3. The molecule has 0 spiro atoms. The van der Waals surface area contributed by atoms with Crippen LogP contribution in [0, 0.1) is 5.92 Å². The van der Waals surface area contributed by atoms with Crippen LogP contribution < -0.4 is 0 Å². The molecule has 1 saturated heterocycles. The van der Waals surface area contributed by atoms with Crippen molar-refractivity contribution in [2.24, 2.45) is 5.92 Å². The van der Waals surface area contributed by atoms with Crippen LogP contribution in [-0.4, -0.2) is 47.0 Å². The van der Waals surface area contributed by atoms with Gasteiger partial charge in [0.2, 0.25) is 5.91 Å². The van der Waals surface area contributed by atoms with E-state index in [-0.39, 0.29) is 5.91 Å². The van der Waals surface area contributed by atoms with Crippen LogP contribution in [0.15, 0.2) is 34.9 Å². The topological polar surface area (TPSA) is 49.6 Å². The van der Waals surface area contributed by atoms with Crippen LogP contribution in [0.25, 0.3) is 11.3 Å². The largest absolute Gasteiger partial charge is 0.360 e. The van der Waals surface area contributed by atoms with E-state index in [1.165, 1.54) is 12.8 Å². The van der Waals surface area contributed by atoms with E-state index in [0.29, 0.717) is 13.0 Å². The normalized spacial score (nSPS) is 20.8. The number of likely N-dealkylation sites (tertiary alicyclic amines) is 1. The second kappa shape index (κ2) is 7.62. The Balaban J connectivity index is 1.40. The molecule has 5 nitrogen and oxygen atoms in total. The molecule has 0 saturated carbocycles. The van der Waals surface area contributed by atoms with E-state index in [9.17, 15) is 4.79 Å². The highest BCUT2D eigenvalue weighted by atomic mass is 16.5. The van der Waals surface area contributed by atoms with Gasteiger partial charge in [0, 0.05) is 43.6 Å². The summed E-state index contributed by atoms with van der Waals surface area (Å²) >= 11 is 0. The molecule has 1 aromatic heterocycles. The standard InChI is InChI=1S/C21H27N3O2/c1-16-6-5-11-23(14-16)12-10-20(25)24-13-9-19-18(15-24)21(22-26-19)17-7-3-2-4-8-17/h2-4,7-8,16H,5-6,9-15H2,1H3. The fourth-order valence-corrected chi connectivity index (χ4v) is 4.15. The first-order valence-electron chi connectivity index (χ1n) is 9.73. The van der Waals surface area contributed by atoms with Crippen molar-refractivity contribution in [1.29, 1.82) is 0 Å². The van der Waals surface area contributed by atoms with Crippen LogP contribution in [-0.2, 0) is 17.8 Å². The Morgan fingerprint density at radius 1 is 1.27 bits per heavy atom. The molecule has 3 heterocycles. The third-order valence-electron chi connectivity index (χ3n) is 5.61. The monoisotopic (exact) mass is 353 g/mol. The number of fused-ring (bicyclic) bond motifs is 1. The van der Waals surface area contributed by atoms with Gasteiger partial charge < -0.3 is 14.3 Å². The summed E-state index contributed by atoms with van der Waals surface area (Å²) < 4.78 is 5.54. The lowest BCUT2D eigenvalue weighted by molar-refractivity contribution is -0.132. The molecule has 138 valence electrons. The Labute approximate surface area is 155 Å². The van der Waals surface area contributed by atoms with E-state index in [0.717, 1.165) is 61.1 Å². The maximum atomic E-state index is 12.8. The molecular weight excluding hydrogens is 326 g/mol. The van der Waals surface area contributed by atoms with Gasteiger partial charge in [-0.2, -0.15) is 0 Å². The molecule has 2 aliphatic rings. The third-order valence-corrected chi connectivity index (χ3v) is 5.61. The average Bonchev–Trinajstić information content (AvgIpc) is 3.10. The van der Waals surface area contributed by atoms with E-state index in [1.54, 1.807) is 0 Å². The fourth-order valence-electron chi connectivity index (χ4n) is 4.15. The van der Waals surface area contributed by atoms with Gasteiger partial charge in [0.1, 0.15) is 11.5 Å². The molecular formula is C21H27N3O2. The van der Waals surface area contributed by atoms with Crippen molar-refractivity contribution < 1.29 is 9.32 Å². The summed E-state index contributed by atoms with van der Waals surface area (Å²) in [5, 5.41) is 4.27. The zero-order valence-corrected chi connectivity index (χ0v) is 15.5. The van der Waals surface area contributed by atoms with Crippen molar-refractivity contribution in [2.45, 2.75) is 39.2 Å². The van der Waals surface area contributed by atoms with Crippen LogP contribution in [0.5, 0.6) is 0 Å². The molecule has 1 amide bonds. The smallest absolute Gasteiger partial charge is 0.224 e. The summed E-state index contributed by atoms with van der Waals surface area (Å²) in [5.41, 5.74) is 3.00. The number of rotatable bonds is 4. The summed E-state index contributed by atoms with van der Waals surface area (Å²) in [4.78, 5) is 17.2. The highest BCUT2D eigenvalue weighted by Gasteiger charge is 2.27. The third kappa shape index (κ3) is 3.68. The number of aromatic nitrogens is 1. The lowest BCUT2D eigenvalue weighted by atomic mass is 10.00. The van der Waals surface area contributed by atoms with Gasteiger partial charge in [-0.3, -0.25) is 4.79 Å². The molecule has 5 heteroatoms. The molecule has 0 radical (unpaired) electrons. The molecule has 0 bridgehead atoms. The van der Waals surface area contributed by atoms with Crippen LogP contribution in [0.4, 0.5) is 0 Å². The number of amides is 1. The summed E-state index contributed by atoms with van der Waals surface area (Å²) in [6.45, 7) is 6.77. The zero-order valence-electron chi connectivity index (χ0n) is 15.5. The Kier molecular flexibility index (Phi) is 5.07. The molecule has 4 rings (SSSR count). The molecule has 1 atom stereocenters. The molecule has 0 N–H and O–H groups in total. The van der Waals surface area contributed by atoms with Crippen molar-refractivity contribution in [3.05, 3.63) is 41.7 Å². The minimum Gasteiger partial charge on any atom is -0.360 e. The average molecular weight is 353 g/mol. The summed E-state index contributed by atoms with van der Waals surface area (Å²) in [6.07, 6.45) is 3.92. The van der Waals surface area contributed by atoms with E-state index in [1.807, 2.05) is 35.2 Å². The predicted molar refractivity (Wildman–Crippen MR) is 101 cm³/mol. The Hall–Kier alpha value is -2.14. The first-order chi connectivity index (χ1) is 12.7. The number of hydrogen-bond donors (Lipinski definition) is 0. The molecule has 0 aliphatic carbocycles. The van der Waals surface area contributed by atoms with Crippen molar-refractivity contribution in [3.63, 3.8) is 0 Å². The van der Waals surface area contributed by atoms with E-state index < -0.39 is 0 Å². The summed E-state index contributed by atoms with van der Waals surface area (Å²) in [7, 11) is 0. The molecule has 1 fully saturated rings. The van der Waals surface area contributed by atoms with E-state index in [4.69, 9.17) is 4.52 Å². The maximum absolute atomic E-state index is 12.8. The minimum atomic E-state index is 0.245. The van der Waals surface area contributed by atoms with Gasteiger partial charge in [0.05, 0.1) is 6.54 Å². The fraction of sp³-hybridized carbons (Fsp3) is 0.524. The SMILES string of the molecule is CC1CCCN(CCC(=O)N2CCc3onc(-c4ccccc4)c3C2)C1. The lowest BCUT2D eigenvalue weighted by Gasteiger charge is -2.32. The lowest BCUT2D eigenvalue weighted by Crippen LogP contribution is -2.40. The Bertz CT molecular complexity index is 756. The van der Waals surface area contributed by atoms with Crippen LogP contribution in [0.1, 0.15) is 37.5 Å². The molecule has 2 aliphatic heterocycles. The number of carbonyl (C=O) groups excluding carboxylic acids is 1. The Morgan fingerprint density at radius 2 is 2.12 bits per heavy atom. The van der Waals surface area contributed by atoms with Gasteiger partial charge in [-0.1, -0.05) is 42.4 Å². The van der Waals surface area contributed by atoms with Crippen LogP contribution >= 0.6 is 0 Å². The molecule has 2 aromatic rings. The molecule has 1 unspecified atom stereocenters. The number of benzene rings is 1. The Morgan fingerprint density at radius 3 is 2.92 bits per heavy atom. The first-order valence-corrected chi connectivity index (χ1v) is 9.73. The van der Waals surface area contributed by atoms with Crippen molar-refractivity contribution in [3.8, 4) is 11.3 Å².